The van der Waals surface area contributed by atoms with Crippen molar-refractivity contribution in [2.75, 3.05) is 26.7 Å². The predicted octanol–water partition coefficient (Wildman–Crippen LogP) is -0.0730. The minimum absolute atomic E-state index is 0.0160. The molecule has 0 bridgehead atoms. The molecule has 1 aliphatic rings. The maximum absolute atomic E-state index is 11.9. The van der Waals surface area contributed by atoms with Crippen molar-refractivity contribution in [3.05, 3.63) is 0 Å². The topological polar surface area (TPSA) is 99.7 Å². The van der Waals surface area contributed by atoms with E-state index >= 15 is 0 Å². The number of amides is 2. The Labute approximate surface area is 138 Å². The van der Waals surface area contributed by atoms with Crippen LogP contribution in [0.4, 0.5) is 0 Å². The first kappa shape index (κ1) is 19.9. The zero-order chi connectivity index (χ0) is 17.1. The third-order valence-electron chi connectivity index (χ3n) is 4.00. The smallest absolute Gasteiger partial charge is 0.249 e. The number of nitrogens with one attached hydrogen (secondary N) is 3. The second-order valence-electron chi connectivity index (χ2n) is 5.93. The van der Waals surface area contributed by atoms with E-state index in [1.807, 2.05) is 14.0 Å². The van der Waals surface area contributed by atoms with Crippen molar-refractivity contribution < 1.29 is 19.4 Å². The fourth-order valence-electron chi connectivity index (χ4n) is 2.62. The van der Waals surface area contributed by atoms with Gasteiger partial charge in [-0.15, -0.1) is 0 Å². The Balaban J connectivity index is 2.04. The van der Waals surface area contributed by atoms with Crippen LogP contribution in [0.5, 0.6) is 0 Å². The molecule has 0 spiro atoms. The highest BCUT2D eigenvalue weighted by atomic mass is 16.5. The summed E-state index contributed by atoms with van der Waals surface area (Å²) < 4.78 is 5.49. The standard InChI is InChI=1S/C16H31N3O4/c1-3-13-12(20)11-14(23-13)16(22)19-10-9-18-15(21)7-5-4-6-8-17-2/h12-14,17,20H,3-11H2,1-2H3,(H,18,21)(H,19,22). The summed E-state index contributed by atoms with van der Waals surface area (Å²) in [4.78, 5) is 23.5. The van der Waals surface area contributed by atoms with Crippen LogP contribution in [0.25, 0.3) is 0 Å². The summed E-state index contributed by atoms with van der Waals surface area (Å²) in [5.41, 5.74) is 0. The molecule has 3 atom stereocenters. The third kappa shape index (κ3) is 7.76. The van der Waals surface area contributed by atoms with E-state index in [2.05, 4.69) is 16.0 Å². The van der Waals surface area contributed by atoms with Crippen LogP contribution < -0.4 is 16.0 Å². The summed E-state index contributed by atoms with van der Waals surface area (Å²) in [6.07, 6.45) is 3.12. The van der Waals surface area contributed by atoms with E-state index in [0.717, 1.165) is 25.8 Å². The summed E-state index contributed by atoms with van der Waals surface area (Å²) in [6, 6.07) is 0. The van der Waals surface area contributed by atoms with E-state index in [9.17, 15) is 14.7 Å². The van der Waals surface area contributed by atoms with Crippen molar-refractivity contribution in [2.45, 2.75) is 63.8 Å². The van der Waals surface area contributed by atoms with E-state index in [4.69, 9.17) is 4.74 Å². The minimum atomic E-state index is -0.585. The van der Waals surface area contributed by atoms with Crippen LogP contribution in [0.15, 0.2) is 0 Å². The van der Waals surface area contributed by atoms with E-state index in [0.29, 0.717) is 32.4 Å². The molecule has 0 aromatic heterocycles. The van der Waals surface area contributed by atoms with Crippen LogP contribution in [0.2, 0.25) is 0 Å². The zero-order valence-electron chi connectivity index (χ0n) is 14.3. The molecule has 7 nitrogen and oxygen atoms in total. The highest BCUT2D eigenvalue weighted by molar-refractivity contribution is 5.81. The van der Waals surface area contributed by atoms with E-state index in [1.165, 1.54) is 0 Å². The first-order chi connectivity index (χ1) is 11.1. The molecule has 0 aromatic carbocycles. The van der Waals surface area contributed by atoms with Crippen LogP contribution in [0.1, 0.15) is 45.4 Å². The molecule has 0 aliphatic carbocycles. The molecule has 0 aromatic rings. The van der Waals surface area contributed by atoms with Gasteiger partial charge in [0.05, 0.1) is 12.2 Å². The summed E-state index contributed by atoms with van der Waals surface area (Å²) in [7, 11) is 1.92. The number of ether oxygens (including phenoxy) is 1. The van der Waals surface area contributed by atoms with E-state index < -0.39 is 12.2 Å². The number of rotatable bonds is 11. The second-order valence-corrected chi connectivity index (χ2v) is 5.93. The molecule has 1 heterocycles. The lowest BCUT2D eigenvalue weighted by Gasteiger charge is -2.13. The maximum atomic E-state index is 11.9. The Morgan fingerprint density at radius 3 is 2.52 bits per heavy atom. The number of hydrogen-bond acceptors (Lipinski definition) is 5. The molecule has 23 heavy (non-hydrogen) atoms. The molecule has 1 fully saturated rings. The van der Waals surface area contributed by atoms with Gasteiger partial charge in [-0.3, -0.25) is 9.59 Å². The molecule has 2 amide bonds. The first-order valence-electron chi connectivity index (χ1n) is 8.61. The van der Waals surface area contributed by atoms with Crippen molar-refractivity contribution in [3.63, 3.8) is 0 Å². The molecule has 7 heteroatoms. The average molecular weight is 329 g/mol. The molecule has 0 saturated carbocycles. The van der Waals surface area contributed by atoms with Gasteiger partial charge in [-0.25, -0.2) is 0 Å². The Bertz CT molecular complexity index is 365. The van der Waals surface area contributed by atoms with Gasteiger partial charge in [0.15, 0.2) is 0 Å². The van der Waals surface area contributed by atoms with Gasteiger partial charge >= 0.3 is 0 Å². The Hall–Kier alpha value is -1.18. The number of carbonyl (C=O) groups excluding carboxylic acids is 2. The number of aliphatic hydroxyl groups excluding tert-OH is 1. The van der Waals surface area contributed by atoms with E-state index in [-0.39, 0.29) is 17.9 Å². The van der Waals surface area contributed by atoms with Gasteiger partial charge < -0.3 is 25.8 Å². The minimum Gasteiger partial charge on any atom is -0.390 e. The molecule has 1 rings (SSSR count). The molecule has 1 aliphatic heterocycles. The van der Waals surface area contributed by atoms with Crippen molar-refractivity contribution in [1.82, 2.24) is 16.0 Å². The lowest BCUT2D eigenvalue weighted by molar-refractivity contribution is -0.132. The second kappa shape index (κ2) is 11.4. The lowest BCUT2D eigenvalue weighted by atomic mass is 10.1. The lowest BCUT2D eigenvalue weighted by Crippen LogP contribution is -2.39. The molecule has 3 unspecified atom stereocenters. The summed E-state index contributed by atoms with van der Waals surface area (Å²) in [6.45, 7) is 3.68. The van der Waals surface area contributed by atoms with Gasteiger partial charge in [-0.2, -0.15) is 0 Å². The highest BCUT2D eigenvalue weighted by Crippen LogP contribution is 2.22. The van der Waals surface area contributed by atoms with Crippen LogP contribution in [-0.2, 0) is 14.3 Å². The summed E-state index contributed by atoms with van der Waals surface area (Å²) in [5.74, 6) is -0.205. The Morgan fingerprint density at radius 2 is 1.87 bits per heavy atom. The average Bonchev–Trinajstić information content (AvgIpc) is 2.92. The predicted molar refractivity (Wildman–Crippen MR) is 88.0 cm³/mol. The van der Waals surface area contributed by atoms with Crippen LogP contribution in [0.3, 0.4) is 0 Å². The molecule has 1 saturated heterocycles. The van der Waals surface area contributed by atoms with Crippen LogP contribution in [-0.4, -0.2) is 61.9 Å². The third-order valence-corrected chi connectivity index (χ3v) is 4.00. The van der Waals surface area contributed by atoms with Crippen molar-refractivity contribution in [2.24, 2.45) is 0 Å². The first-order valence-corrected chi connectivity index (χ1v) is 8.61. The van der Waals surface area contributed by atoms with Gasteiger partial charge in [0.25, 0.3) is 0 Å². The van der Waals surface area contributed by atoms with Crippen molar-refractivity contribution in [1.29, 1.82) is 0 Å². The summed E-state index contributed by atoms with van der Waals surface area (Å²) >= 11 is 0. The number of unbranched alkanes of at least 4 members (excludes halogenated alkanes) is 2. The maximum Gasteiger partial charge on any atom is 0.249 e. The fourth-order valence-corrected chi connectivity index (χ4v) is 2.62. The van der Waals surface area contributed by atoms with Crippen molar-refractivity contribution >= 4 is 11.8 Å². The van der Waals surface area contributed by atoms with Gasteiger partial charge in [-0.1, -0.05) is 13.3 Å². The van der Waals surface area contributed by atoms with Gasteiger partial charge in [0.1, 0.15) is 6.10 Å². The molecular formula is C16H31N3O4. The molecule has 0 radical (unpaired) electrons. The number of hydrogen-bond donors (Lipinski definition) is 4. The van der Waals surface area contributed by atoms with Gasteiger partial charge in [-0.05, 0) is 32.9 Å². The quantitative estimate of drug-likeness (QED) is 0.398. The molecular weight excluding hydrogens is 298 g/mol. The summed E-state index contributed by atoms with van der Waals surface area (Å²) in [5, 5.41) is 18.3. The number of aliphatic hydroxyl groups is 1. The largest absolute Gasteiger partial charge is 0.390 e. The molecule has 4 N–H and O–H groups in total. The Kier molecular flexibility index (Phi) is 9.82. The number of carbonyl (C=O) groups is 2. The normalized spacial score (nSPS) is 23.7. The van der Waals surface area contributed by atoms with Gasteiger partial charge in [0.2, 0.25) is 11.8 Å². The SMILES string of the molecule is CCC1OC(C(=O)NCCNC(=O)CCCCCNC)CC1O. The monoisotopic (exact) mass is 329 g/mol. The van der Waals surface area contributed by atoms with Gasteiger partial charge in [0, 0.05) is 25.9 Å². The Morgan fingerprint density at radius 1 is 1.13 bits per heavy atom. The fraction of sp³-hybridized carbons (Fsp3) is 0.875. The molecule has 134 valence electrons. The van der Waals surface area contributed by atoms with Crippen molar-refractivity contribution in [3.8, 4) is 0 Å². The van der Waals surface area contributed by atoms with E-state index in [1.54, 1.807) is 0 Å². The van der Waals surface area contributed by atoms with Crippen LogP contribution >= 0.6 is 0 Å². The highest BCUT2D eigenvalue weighted by Gasteiger charge is 2.36. The van der Waals surface area contributed by atoms with Crippen LogP contribution in [0, 0.1) is 0 Å². The zero-order valence-corrected chi connectivity index (χ0v) is 14.3.